The van der Waals surface area contributed by atoms with Crippen LogP contribution in [0.25, 0.3) is 0 Å². The summed E-state index contributed by atoms with van der Waals surface area (Å²) in [6.45, 7) is 3.58. The van der Waals surface area contributed by atoms with E-state index >= 15 is 0 Å². The fourth-order valence-corrected chi connectivity index (χ4v) is 1.20. The van der Waals surface area contributed by atoms with Crippen molar-refractivity contribution in [1.82, 2.24) is 0 Å². The largest absolute Gasteiger partial charge is 0.460 e. The van der Waals surface area contributed by atoms with E-state index in [1.54, 1.807) is 0 Å². The third-order valence-corrected chi connectivity index (χ3v) is 2.26. The van der Waals surface area contributed by atoms with Crippen molar-refractivity contribution in [2.45, 2.75) is 39.0 Å². The summed E-state index contributed by atoms with van der Waals surface area (Å²) >= 11 is 0. The SMILES string of the molecule is CCCCCCC(=O)OCC[N+](C)(C)C. The Morgan fingerprint density at radius 3 is 2.33 bits per heavy atom. The smallest absolute Gasteiger partial charge is 0.305 e. The molecule has 90 valence electrons. The number of likely N-dealkylation sites (N-methyl/N-ethyl adjacent to an activating group) is 1. The van der Waals surface area contributed by atoms with Gasteiger partial charge in [-0.3, -0.25) is 4.79 Å². The molecular formula is C12H26NO2+. The van der Waals surface area contributed by atoms with Gasteiger partial charge >= 0.3 is 5.97 Å². The van der Waals surface area contributed by atoms with Crippen LogP contribution >= 0.6 is 0 Å². The van der Waals surface area contributed by atoms with Crippen LogP contribution in [0, 0.1) is 0 Å². The predicted octanol–water partition coefficient (Wildman–Crippen LogP) is 2.21. The molecule has 0 aromatic heterocycles. The summed E-state index contributed by atoms with van der Waals surface area (Å²) in [6.07, 6.45) is 5.11. The average molecular weight is 216 g/mol. The Balaban J connectivity index is 3.34. The molecule has 0 unspecified atom stereocenters. The van der Waals surface area contributed by atoms with Crippen LogP contribution in [0.3, 0.4) is 0 Å². The van der Waals surface area contributed by atoms with Crippen LogP contribution < -0.4 is 0 Å². The van der Waals surface area contributed by atoms with Crippen LogP contribution in [0.5, 0.6) is 0 Å². The van der Waals surface area contributed by atoms with Gasteiger partial charge in [-0.2, -0.15) is 0 Å². The van der Waals surface area contributed by atoms with Gasteiger partial charge in [-0.05, 0) is 6.42 Å². The average Bonchev–Trinajstić information content (AvgIpc) is 2.10. The second-order valence-electron chi connectivity index (χ2n) is 5.05. The molecule has 0 bridgehead atoms. The van der Waals surface area contributed by atoms with E-state index in [1.165, 1.54) is 12.8 Å². The first-order chi connectivity index (χ1) is 6.95. The third-order valence-electron chi connectivity index (χ3n) is 2.26. The van der Waals surface area contributed by atoms with Gasteiger partial charge in [0.15, 0.2) is 0 Å². The molecule has 15 heavy (non-hydrogen) atoms. The zero-order valence-electron chi connectivity index (χ0n) is 10.7. The Kier molecular flexibility index (Phi) is 7.39. The molecule has 0 aromatic carbocycles. The van der Waals surface area contributed by atoms with E-state index in [9.17, 15) is 4.79 Å². The van der Waals surface area contributed by atoms with Crippen molar-refractivity contribution in [2.24, 2.45) is 0 Å². The molecular weight excluding hydrogens is 190 g/mol. The standard InChI is InChI=1S/C12H26NO2/c1-5-6-7-8-9-12(14)15-11-10-13(2,3)4/h5-11H2,1-4H3/q+1. The summed E-state index contributed by atoms with van der Waals surface area (Å²) in [7, 11) is 6.28. The number of hydrogen-bond acceptors (Lipinski definition) is 2. The lowest BCUT2D eigenvalue weighted by atomic mass is 10.2. The van der Waals surface area contributed by atoms with Crippen molar-refractivity contribution in [3.8, 4) is 0 Å². The molecule has 0 amide bonds. The second kappa shape index (κ2) is 7.69. The van der Waals surface area contributed by atoms with Crippen molar-refractivity contribution >= 4 is 5.97 Å². The number of esters is 1. The van der Waals surface area contributed by atoms with Crippen molar-refractivity contribution in [3.05, 3.63) is 0 Å². The van der Waals surface area contributed by atoms with Crippen molar-refractivity contribution < 1.29 is 14.0 Å². The summed E-state index contributed by atoms with van der Waals surface area (Å²) in [6, 6.07) is 0. The third kappa shape index (κ3) is 11.4. The molecule has 3 nitrogen and oxygen atoms in total. The van der Waals surface area contributed by atoms with Crippen LogP contribution in [0.15, 0.2) is 0 Å². The molecule has 0 saturated carbocycles. The number of nitrogens with zero attached hydrogens (tertiary/aromatic N) is 1. The number of quaternary nitrogens is 1. The molecule has 0 spiro atoms. The maximum absolute atomic E-state index is 11.3. The number of carbonyl (C=O) groups is 1. The van der Waals surface area contributed by atoms with Gasteiger partial charge in [0.25, 0.3) is 0 Å². The number of hydrogen-bond donors (Lipinski definition) is 0. The van der Waals surface area contributed by atoms with Crippen LogP contribution in [0.4, 0.5) is 0 Å². The number of rotatable bonds is 8. The highest BCUT2D eigenvalue weighted by Gasteiger charge is 2.08. The minimum absolute atomic E-state index is 0.0421. The summed E-state index contributed by atoms with van der Waals surface area (Å²) in [5.74, 6) is -0.0421. The summed E-state index contributed by atoms with van der Waals surface area (Å²) in [5, 5.41) is 0. The van der Waals surface area contributed by atoms with E-state index in [2.05, 4.69) is 28.1 Å². The zero-order valence-corrected chi connectivity index (χ0v) is 10.7. The Morgan fingerprint density at radius 1 is 1.13 bits per heavy atom. The van der Waals surface area contributed by atoms with Gasteiger partial charge < -0.3 is 9.22 Å². The molecule has 0 N–H and O–H groups in total. The Labute approximate surface area is 94.0 Å². The molecule has 0 aliphatic carbocycles. The molecule has 0 fully saturated rings. The van der Waals surface area contributed by atoms with E-state index in [4.69, 9.17) is 4.74 Å². The van der Waals surface area contributed by atoms with Gasteiger partial charge in [-0.1, -0.05) is 26.2 Å². The summed E-state index contributed by atoms with van der Waals surface area (Å²) in [5.41, 5.74) is 0. The zero-order chi connectivity index (χ0) is 11.7. The second-order valence-corrected chi connectivity index (χ2v) is 5.05. The van der Waals surface area contributed by atoms with E-state index in [0.717, 1.165) is 23.9 Å². The maximum atomic E-state index is 11.3. The molecule has 0 aliphatic heterocycles. The van der Waals surface area contributed by atoms with E-state index in [0.29, 0.717) is 13.0 Å². The lowest BCUT2D eigenvalue weighted by molar-refractivity contribution is -0.870. The molecule has 0 saturated heterocycles. The lowest BCUT2D eigenvalue weighted by Gasteiger charge is -2.23. The van der Waals surface area contributed by atoms with Gasteiger partial charge in [0.1, 0.15) is 13.2 Å². The highest BCUT2D eigenvalue weighted by atomic mass is 16.5. The molecule has 0 heterocycles. The normalized spacial score (nSPS) is 11.5. The van der Waals surface area contributed by atoms with Crippen LogP contribution in [0.2, 0.25) is 0 Å². The quantitative estimate of drug-likeness (QED) is 0.353. The first-order valence-corrected chi connectivity index (χ1v) is 5.92. The number of ether oxygens (including phenoxy) is 1. The topological polar surface area (TPSA) is 26.3 Å². The van der Waals surface area contributed by atoms with Crippen molar-refractivity contribution in [2.75, 3.05) is 34.3 Å². The predicted molar refractivity (Wildman–Crippen MR) is 62.6 cm³/mol. The van der Waals surface area contributed by atoms with Gasteiger partial charge in [0.2, 0.25) is 0 Å². The minimum atomic E-state index is -0.0421. The van der Waals surface area contributed by atoms with Gasteiger partial charge in [-0.15, -0.1) is 0 Å². The van der Waals surface area contributed by atoms with E-state index < -0.39 is 0 Å². The maximum Gasteiger partial charge on any atom is 0.305 e. The van der Waals surface area contributed by atoms with Gasteiger partial charge in [0.05, 0.1) is 21.1 Å². The first-order valence-electron chi connectivity index (χ1n) is 5.92. The number of unbranched alkanes of at least 4 members (excludes halogenated alkanes) is 3. The summed E-state index contributed by atoms with van der Waals surface area (Å²) < 4.78 is 5.98. The highest BCUT2D eigenvalue weighted by molar-refractivity contribution is 5.69. The highest BCUT2D eigenvalue weighted by Crippen LogP contribution is 2.03. The number of carbonyl (C=O) groups excluding carboxylic acids is 1. The Bertz CT molecular complexity index is 173. The van der Waals surface area contributed by atoms with Gasteiger partial charge in [-0.25, -0.2) is 0 Å². The molecule has 0 atom stereocenters. The van der Waals surface area contributed by atoms with E-state index in [1.807, 2.05) is 0 Å². The minimum Gasteiger partial charge on any atom is -0.460 e. The van der Waals surface area contributed by atoms with Gasteiger partial charge in [0, 0.05) is 6.42 Å². The van der Waals surface area contributed by atoms with Crippen LogP contribution in [-0.4, -0.2) is 44.7 Å². The molecule has 0 rings (SSSR count). The van der Waals surface area contributed by atoms with Crippen LogP contribution in [-0.2, 0) is 9.53 Å². The Hall–Kier alpha value is -0.570. The monoisotopic (exact) mass is 216 g/mol. The van der Waals surface area contributed by atoms with E-state index in [-0.39, 0.29) is 5.97 Å². The molecule has 0 aliphatic rings. The molecule has 0 radical (unpaired) electrons. The summed E-state index contributed by atoms with van der Waals surface area (Å²) in [4.78, 5) is 11.3. The van der Waals surface area contributed by atoms with Crippen molar-refractivity contribution in [1.29, 1.82) is 0 Å². The van der Waals surface area contributed by atoms with Crippen molar-refractivity contribution in [3.63, 3.8) is 0 Å². The van der Waals surface area contributed by atoms with Crippen LogP contribution in [0.1, 0.15) is 39.0 Å². The Morgan fingerprint density at radius 2 is 1.80 bits per heavy atom. The first kappa shape index (κ1) is 14.4. The lowest BCUT2D eigenvalue weighted by Crippen LogP contribution is -2.37. The fraction of sp³-hybridized carbons (Fsp3) is 0.917. The molecule has 0 aromatic rings. The molecule has 3 heteroatoms. The fourth-order valence-electron chi connectivity index (χ4n) is 1.20.